The molecule has 0 radical (unpaired) electrons. The Kier molecular flexibility index (Phi) is 5.96. The molecule has 0 aliphatic carbocycles. The predicted molar refractivity (Wildman–Crippen MR) is 73.9 cm³/mol. The topological polar surface area (TPSA) is 35.5 Å². The van der Waals surface area contributed by atoms with E-state index in [9.17, 15) is 13.3 Å². The average molecular weight is 378 g/mol. The highest BCUT2D eigenvalue weighted by Crippen LogP contribution is 2.67. The second-order valence-corrected chi connectivity index (χ2v) is 6.86. The van der Waals surface area contributed by atoms with E-state index in [-0.39, 0.29) is 22.7 Å². The van der Waals surface area contributed by atoms with Gasteiger partial charge in [-0.1, -0.05) is 27.5 Å². The maximum absolute atomic E-state index is 14.4. The van der Waals surface area contributed by atoms with Crippen LogP contribution in [0, 0.1) is 0 Å². The van der Waals surface area contributed by atoms with Crippen molar-refractivity contribution in [3.8, 4) is 0 Å². The van der Waals surface area contributed by atoms with Gasteiger partial charge < -0.3 is 9.05 Å². The molecule has 0 unspecified atom stereocenters. The van der Waals surface area contributed by atoms with Gasteiger partial charge in [-0.15, -0.1) is 0 Å². The molecule has 8 heteroatoms. The highest BCUT2D eigenvalue weighted by molar-refractivity contribution is 9.10. The average Bonchev–Trinajstić information content (AvgIpc) is 2.28. The van der Waals surface area contributed by atoms with E-state index in [1.807, 2.05) is 0 Å². The van der Waals surface area contributed by atoms with E-state index in [0.29, 0.717) is 0 Å². The fraction of sp³-hybridized carbons (Fsp3) is 0.455. The number of hydrogen-bond donors (Lipinski definition) is 0. The Labute approximate surface area is 123 Å². The minimum atomic E-state index is -4.59. The number of halogens is 4. The van der Waals surface area contributed by atoms with Crippen LogP contribution in [0.15, 0.2) is 22.7 Å². The van der Waals surface area contributed by atoms with Crippen molar-refractivity contribution in [1.82, 2.24) is 0 Å². The summed E-state index contributed by atoms with van der Waals surface area (Å²) in [7, 11) is -4.59. The van der Waals surface area contributed by atoms with Crippen LogP contribution < -0.4 is 0 Å². The minimum Gasteiger partial charge on any atom is -0.304 e. The van der Waals surface area contributed by atoms with Gasteiger partial charge in [0.25, 0.3) is 0 Å². The van der Waals surface area contributed by atoms with Gasteiger partial charge in [0, 0.05) is 15.1 Å². The normalized spacial score (nSPS) is 12.7. The van der Waals surface area contributed by atoms with Gasteiger partial charge in [-0.3, -0.25) is 4.57 Å². The van der Waals surface area contributed by atoms with E-state index in [2.05, 4.69) is 15.9 Å². The molecule has 0 saturated carbocycles. The van der Waals surface area contributed by atoms with Crippen LogP contribution in [-0.2, 0) is 19.3 Å². The predicted octanol–water partition coefficient (Wildman–Crippen LogP) is 5.42. The Bertz CT molecular complexity index is 489. The van der Waals surface area contributed by atoms with Crippen molar-refractivity contribution in [2.45, 2.75) is 19.5 Å². The fourth-order valence-electron chi connectivity index (χ4n) is 1.42. The number of hydrogen-bond acceptors (Lipinski definition) is 3. The van der Waals surface area contributed by atoms with Crippen LogP contribution in [0.5, 0.6) is 0 Å². The van der Waals surface area contributed by atoms with Gasteiger partial charge >= 0.3 is 13.3 Å². The zero-order valence-corrected chi connectivity index (χ0v) is 13.6. The second-order valence-electron chi connectivity index (χ2n) is 3.50. The van der Waals surface area contributed by atoms with Crippen molar-refractivity contribution in [2.75, 3.05) is 13.2 Å². The van der Waals surface area contributed by atoms with Crippen molar-refractivity contribution in [2.24, 2.45) is 0 Å². The lowest BCUT2D eigenvalue weighted by Crippen LogP contribution is -2.19. The van der Waals surface area contributed by atoms with Crippen LogP contribution in [0.4, 0.5) is 8.78 Å². The van der Waals surface area contributed by atoms with Gasteiger partial charge in [-0.25, -0.2) is 0 Å². The van der Waals surface area contributed by atoms with E-state index in [0.717, 1.165) is 6.07 Å². The third-order valence-electron chi connectivity index (χ3n) is 2.20. The summed E-state index contributed by atoms with van der Waals surface area (Å²) in [6.45, 7) is 2.66. The number of alkyl halides is 2. The lowest BCUT2D eigenvalue weighted by molar-refractivity contribution is 0.0354. The van der Waals surface area contributed by atoms with E-state index < -0.39 is 18.8 Å². The lowest BCUT2D eigenvalue weighted by Gasteiger charge is -2.26. The van der Waals surface area contributed by atoms with Gasteiger partial charge in [0.15, 0.2) is 0 Å². The SMILES string of the molecule is CCOP(=O)(OCC)C(F)(F)c1ccc(Cl)cc1Br. The van der Waals surface area contributed by atoms with Crippen LogP contribution in [0.25, 0.3) is 0 Å². The quantitative estimate of drug-likeness (QED) is 0.621. The summed E-state index contributed by atoms with van der Waals surface area (Å²) in [5.41, 5.74) is -4.25. The molecule has 0 amide bonds. The molecule has 0 aliphatic rings. The van der Waals surface area contributed by atoms with Gasteiger partial charge in [0.2, 0.25) is 0 Å². The Hall–Kier alpha value is -0.0000000000000000555. The summed E-state index contributed by atoms with van der Waals surface area (Å²) in [5, 5.41) is 0.286. The first-order chi connectivity index (χ1) is 8.78. The Morgan fingerprint density at radius 1 is 1.32 bits per heavy atom. The largest absolute Gasteiger partial charge is 0.404 e. The van der Waals surface area contributed by atoms with Crippen molar-refractivity contribution in [3.05, 3.63) is 33.3 Å². The lowest BCUT2D eigenvalue weighted by atomic mass is 10.2. The van der Waals surface area contributed by atoms with Gasteiger partial charge in [0.1, 0.15) is 0 Å². The van der Waals surface area contributed by atoms with E-state index in [1.165, 1.54) is 26.0 Å². The monoisotopic (exact) mass is 376 g/mol. The van der Waals surface area contributed by atoms with E-state index in [4.69, 9.17) is 20.6 Å². The molecular formula is C11H13BrClF2O3P. The molecule has 0 bridgehead atoms. The van der Waals surface area contributed by atoms with Crippen molar-refractivity contribution >= 4 is 35.1 Å². The Morgan fingerprint density at radius 3 is 2.26 bits per heavy atom. The van der Waals surface area contributed by atoms with Crippen molar-refractivity contribution in [1.29, 1.82) is 0 Å². The smallest absolute Gasteiger partial charge is 0.304 e. The summed E-state index contributed by atoms with van der Waals surface area (Å²) in [6.07, 6.45) is 0. The maximum Gasteiger partial charge on any atom is 0.404 e. The number of rotatable bonds is 6. The maximum atomic E-state index is 14.4. The zero-order valence-electron chi connectivity index (χ0n) is 10.3. The third kappa shape index (κ3) is 3.56. The van der Waals surface area contributed by atoms with Crippen LogP contribution in [0.2, 0.25) is 5.02 Å². The molecule has 0 heterocycles. The highest BCUT2D eigenvalue weighted by Gasteiger charge is 2.55. The molecular weight excluding hydrogens is 364 g/mol. The summed E-state index contributed by atoms with van der Waals surface area (Å²) in [6, 6.07) is 3.68. The van der Waals surface area contributed by atoms with Gasteiger partial charge in [-0.2, -0.15) is 8.78 Å². The van der Waals surface area contributed by atoms with Crippen LogP contribution in [0.3, 0.4) is 0 Å². The molecule has 19 heavy (non-hydrogen) atoms. The summed E-state index contributed by atoms with van der Waals surface area (Å²) in [5.74, 6) is 0. The summed E-state index contributed by atoms with van der Waals surface area (Å²) < 4.78 is 50.4. The second kappa shape index (κ2) is 6.64. The first-order valence-corrected chi connectivity index (χ1v) is 8.22. The molecule has 1 aromatic carbocycles. The van der Waals surface area contributed by atoms with E-state index in [1.54, 1.807) is 0 Å². The van der Waals surface area contributed by atoms with Crippen LogP contribution >= 0.6 is 35.1 Å². The molecule has 1 rings (SSSR count). The molecule has 0 fully saturated rings. The zero-order chi connectivity index (χ0) is 14.7. The Balaban J connectivity index is 3.30. The first-order valence-electron chi connectivity index (χ1n) is 5.51. The van der Waals surface area contributed by atoms with Gasteiger partial charge in [-0.05, 0) is 32.0 Å². The molecule has 0 N–H and O–H groups in total. The minimum absolute atomic E-state index is 0.0460. The molecule has 0 spiro atoms. The summed E-state index contributed by atoms with van der Waals surface area (Å²) in [4.78, 5) is 0. The molecule has 3 nitrogen and oxygen atoms in total. The van der Waals surface area contributed by atoms with E-state index >= 15 is 0 Å². The molecule has 0 atom stereocenters. The Morgan fingerprint density at radius 2 is 1.84 bits per heavy atom. The van der Waals surface area contributed by atoms with Crippen molar-refractivity contribution < 1.29 is 22.4 Å². The van der Waals surface area contributed by atoms with Gasteiger partial charge in [0.05, 0.1) is 13.2 Å². The molecule has 108 valence electrons. The van der Waals surface area contributed by atoms with Crippen molar-refractivity contribution in [3.63, 3.8) is 0 Å². The number of benzene rings is 1. The molecule has 0 aliphatic heterocycles. The van der Waals surface area contributed by atoms with Crippen LogP contribution in [-0.4, -0.2) is 13.2 Å². The summed E-state index contributed by atoms with van der Waals surface area (Å²) >= 11 is 8.68. The third-order valence-corrected chi connectivity index (χ3v) is 5.21. The first kappa shape index (κ1) is 17.1. The molecule has 1 aromatic rings. The van der Waals surface area contributed by atoms with Crippen LogP contribution in [0.1, 0.15) is 19.4 Å². The standard InChI is InChI=1S/C11H13BrClF2O3P/c1-3-17-19(16,18-4-2)11(14,15)9-6-5-8(13)7-10(9)12/h5-7H,3-4H2,1-2H3. The molecule has 0 saturated heterocycles. The highest BCUT2D eigenvalue weighted by atomic mass is 79.9. The molecule has 0 aromatic heterocycles. The fourth-order valence-corrected chi connectivity index (χ4v) is 4.07.